The van der Waals surface area contributed by atoms with Crippen molar-refractivity contribution in [1.29, 1.82) is 0 Å². The zero-order valence-corrected chi connectivity index (χ0v) is 63.4. The van der Waals surface area contributed by atoms with Gasteiger partial charge in [0.05, 0.1) is 61.9 Å². The molecular weight excluding hydrogens is 1470 g/mol. The minimum absolute atomic E-state index is 0.0622. The molecule has 646 valence electrons. The predicted octanol–water partition coefficient (Wildman–Crippen LogP) is -11.2. The van der Waals surface area contributed by atoms with Crippen molar-refractivity contribution < 1.29 is 164 Å². The second-order valence-electron chi connectivity index (χ2n) is 31.1. The molecule has 44 atom stereocenters. The quantitative estimate of drug-likeness (QED) is 0.0169. The summed E-state index contributed by atoms with van der Waals surface area (Å²) < 4.78 is 63.6. The first kappa shape index (κ1) is 95.2. The van der Waals surface area contributed by atoms with Gasteiger partial charge in [-0.15, -0.1) is 0 Å². The van der Waals surface area contributed by atoms with Crippen molar-refractivity contribution in [2.45, 2.75) is 376 Å². The van der Waals surface area contributed by atoms with Crippen molar-refractivity contribution in [3.63, 3.8) is 0 Å². The lowest BCUT2D eigenvalue weighted by atomic mass is 9.76. The van der Waals surface area contributed by atoms with Crippen molar-refractivity contribution in [3.05, 3.63) is 0 Å². The maximum absolute atomic E-state index is 12.6. The van der Waals surface area contributed by atoms with Crippen molar-refractivity contribution >= 4 is 5.78 Å². The van der Waals surface area contributed by atoms with Crippen LogP contribution in [0.2, 0.25) is 0 Å². The highest BCUT2D eigenvalue weighted by molar-refractivity contribution is 5.83. The Morgan fingerprint density at radius 1 is 0.427 bits per heavy atom. The second-order valence-corrected chi connectivity index (χ2v) is 31.1. The SMILES string of the molecule is CC(O)C1O[C@H](O[C@@H]2C(N)C[C@@H](C)C(O)[C@H]2OO[C@@H]2O[C@H](CN)[C@H](O)C2O)C(N)[C@@H](O)[C@@H]1O.CCCCCCNC[C@H]1O[C@@H](O[C@@H]2C(O)[C@H](C)CC(N)[C@H]2O[C@H]2OC(CO)[C@@H](O)[C@H](O)C2N)C(O)[C@H]1O.CCCC[C@H]1O[C@@H](O[C@@H]2C(O)[C@H](CC(=O)[C@@H](O)CCC)CC(N)[C@H]2O[C@H]2OC(CO)[C@@H](O)[C@H](O)C2N)C(O)[C@H]1O. The van der Waals surface area contributed by atoms with E-state index in [4.69, 9.17) is 102 Å². The van der Waals surface area contributed by atoms with Crippen LogP contribution in [0.1, 0.15) is 125 Å². The first-order valence-electron chi connectivity index (χ1n) is 38.8. The molecule has 6 aliphatic heterocycles. The molecule has 110 heavy (non-hydrogen) atoms. The summed E-state index contributed by atoms with van der Waals surface area (Å²) in [7, 11) is 0. The summed E-state index contributed by atoms with van der Waals surface area (Å²) in [4.78, 5) is 23.2. The number of Topliss-reactive ketones (excluding diaryl/α,β-unsaturated/α-hetero) is 1. The van der Waals surface area contributed by atoms with E-state index in [0.717, 1.165) is 45.1 Å². The van der Waals surface area contributed by atoms with E-state index >= 15 is 0 Å². The number of aliphatic hydroxyl groups is 19. The molecule has 34 N–H and O–H groups in total. The molecule has 0 radical (unpaired) electrons. The Labute approximate surface area is 639 Å². The molecule has 41 nitrogen and oxygen atoms in total. The van der Waals surface area contributed by atoms with E-state index in [1.807, 2.05) is 13.8 Å². The number of carbonyl (C=O) groups is 1. The highest BCUT2D eigenvalue weighted by atomic mass is 17.2. The summed E-state index contributed by atoms with van der Waals surface area (Å²) in [6.07, 6.45) is -35.1. The van der Waals surface area contributed by atoms with Gasteiger partial charge in [0.25, 0.3) is 0 Å². The molecule has 9 aliphatic rings. The van der Waals surface area contributed by atoms with E-state index in [2.05, 4.69) is 12.2 Å². The summed E-state index contributed by atoms with van der Waals surface area (Å²) in [5.41, 5.74) is 42.6. The Kier molecular flexibility index (Phi) is 38.3. The molecule has 9 rings (SSSR count). The predicted molar refractivity (Wildman–Crippen MR) is 378 cm³/mol. The summed E-state index contributed by atoms with van der Waals surface area (Å²) in [5.74, 6) is -1.79. The highest BCUT2D eigenvalue weighted by Gasteiger charge is 2.57. The first-order valence-corrected chi connectivity index (χ1v) is 38.8. The van der Waals surface area contributed by atoms with Crippen molar-refractivity contribution in [2.24, 2.45) is 57.9 Å². The molecule has 0 aromatic heterocycles. The molecular formula is C69H132N8O33. The Morgan fingerprint density at radius 2 is 0.836 bits per heavy atom. The number of hydrogen-bond acceptors (Lipinski definition) is 41. The number of hydrogen-bond donors (Lipinski definition) is 27. The van der Waals surface area contributed by atoms with Gasteiger partial charge in [0.1, 0.15) is 146 Å². The fourth-order valence-electron chi connectivity index (χ4n) is 15.4. The van der Waals surface area contributed by atoms with Crippen molar-refractivity contribution in [1.82, 2.24) is 5.32 Å². The molecule has 41 heteroatoms. The summed E-state index contributed by atoms with van der Waals surface area (Å²) in [6.45, 7) is 10.7. The lowest BCUT2D eigenvalue weighted by molar-refractivity contribution is -0.432. The summed E-state index contributed by atoms with van der Waals surface area (Å²) >= 11 is 0. The molecule has 6 saturated heterocycles. The van der Waals surface area contributed by atoms with Crippen LogP contribution < -0.4 is 45.5 Å². The van der Waals surface area contributed by atoms with E-state index in [1.54, 1.807) is 13.8 Å². The van der Waals surface area contributed by atoms with Crippen LogP contribution in [0, 0.1) is 17.8 Å². The van der Waals surface area contributed by atoms with Gasteiger partial charge in [-0.25, -0.2) is 9.78 Å². The maximum atomic E-state index is 12.6. The van der Waals surface area contributed by atoms with Crippen LogP contribution >= 0.6 is 0 Å². The maximum Gasteiger partial charge on any atom is 0.220 e. The molecule has 9 fully saturated rings. The standard InChI is InChI=1S/C26H48N2O12.C24H47N3O10.C19H37N3O11/c1-3-5-7-15-19(33)22(36)26(37-15)40-24-18(32)11(9-14(31)13(30)6-4-2)8-12(27)23(24)39-25-17(28)21(35)20(34)16(10-29)38-25;1-3-4-5-6-7-27-9-13-17(30)20(33)24(34-13)37-22-16(29)11(2)8-12(25)21(22)36-23-15(26)19(32)18(31)14(10-28)35-23;1-5-3-7(21)16(31-18-9(22)12(26)13(27)15(30-18)6(2)23)17(10(5)24)32-33-19-14(28)11(25)8(4-20)29-19/h11-13,15-26,29-30,32-36H,3-10,27-28H2,1-2H3;11-24,27-33H,3-10,25-26H2,1-2H3;5-19,23-28H,3-4,20-22H2,1-2H3/t11-,12?,13-,15+,16?,17?,18?,19-,20+,21+,22?,23+,24+,25+,26-;11-,12?,13-,14?,15?,16?,17+,18-,19-,20?,21-,22-,23-,24+;5-,6?,7?,8-,9?,10?,11+,12-,13+,14?,15?,16-,17-,18-,19+/m011/s1. The number of aliphatic hydroxyl groups excluding tert-OH is 19. The number of rotatable bonds is 32. The third-order valence-electron chi connectivity index (χ3n) is 22.5. The van der Waals surface area contributed by atoms with Crippen molar-refractivity contribution in [3.8, 4) is 0 Å². The zero-order valence-electron chi connectivity index (χ0n) is 63.4. The van der Waals surface area contributed by atoms with Crippen LogP contribution in [0.5, 0.6) is 0 Å². The van der Waals surface area contributed by atoms with Gasteiger partial charge in [0.2, 0.25) is 6.29 Å². The molecule has 0 spiro atoms. The van der Waals surface area contributed by atoms with E-state index in [-0.39, 0.29) is 37.6 Å². The molecule has 6 heterocycles. The monoisotopic (exact) mass is 1600 g/mol. The molecule has 3 saturated carbocycles. The Hall–Kier alpha value is -1.93. The van der Waals surface area contributed by atoms with Crippen LogP contribution in [0.4, 0.5) is 0 Å². The van der Waals surface area contributed by atoms with Gasteiger partial charge < -0.3 is 195 Å². The largest absolute Gasteiger partial charge is 0.394 e. The third kappa shape index (κ3) is 23.3. The van der Waals surface area contributed by atoms with Gasteiger partial charge >= 0.3 is 0 Å². The van der Waals surface area contributed by atoms with Gasteiger partial charge in [-0.1, -0.05) is 73.1 Å². The number of nitrogens with two attached hydrogens (primary N) is 7. The minimum Gasteiger partial charge on any atom is -0.394 e. The van der Waals surface area contributed by atoms with Crippen LogP contribution in [0.3, 0.4) is 0 Å². The van der Waals surface area contributed by atoms with E-state index in [0.29, 0.717) is 32.2 Å². The van der Waals surface area contributed by atoms with Gasteiger partial charge in [-0.3, -0.25) is 4.79 Å². The van der Waals surface area contributed by atoms with E-state index < -0.39 is 276 Å². The average Bonchev–Trinajstić information content (AvgIpc) is 1.01. The second kappa shape index (κ2) is 44.2. The van der Waals surface area contributed by atoms with Crippen molar-refractivity contribution in [2.75, 3.05) is 32.8 Å². The zero-order chi connectivity index (χ0) is 81.6. The molecule has 16 unspecified atom stereocenters. The number of ketones is 1. The smallest absolute Gasteiger partial charge is 0.220 e. The lowest BCUT2D eigenvalue weighted by Crippen LogP contribution is -2.67. The van der Waals surface area contributed by atoms with Crippen LogP contribution in [-0.2, 0) is 66.7 Å². The molecule has 0 bridgehead atoms. The number of carbonyl (C=O) groups excluding carboxylic acids is 1. The first-order chi connectivity index (χ1) is 52.0. The van der Waals surface area contributed by atoms with E-state index in [9.17, 15) is 102 Å². The molecule has 0 aromatic carbocycles. The fourth-order valence-corrected chi connectivity index (χ4v) is 15.4. The Balaban J connectivity index is 0.000000230. The fraction of sp³-hybridized carbons (Fsp3) is 0.986. The third-order valence-corrected chi connectivity index (χ3v) is 22.5. The van der Waals surface area contributed by atoms with Crippen LogP contribution in [0.25, 0.3) is 0 Å². The van der Waals surface area contributed by atoms with Gasteiger partial charge in [0.15, 0.2) is 37.2 Å². The van der Waals surface area contributed by atoms with Gasteiger partial charge in [0, 0.05) is 37.6 Å². The van der Waals surface area contributed by atoms with Crippen LogP contribution in [-0.4, -0.2) is 387 Å². The average molecular weight is 1600 g/mol. The van der Waals surface area contributed by atoms with E-state index in [1.165, 1.54) is 6.92 Å². The highest BCUT2D eigenvalue weighted by Crippen LogP contribution is 2.40. The Bertz CT molecular complexity index is 2640. The molecule has 0 aromatic rings. The minimum atomic E-state index is -1.50. The Morgan fingerprint density at radius 3 is 1.32 bits per heavy atom. The summed E-state index contributed by atoms with van der Waals surface area (Å²) in [6, 6.07) is -5.80. The topological polar surface area (TPSA) is 716 Å². The number of unbranched alkanes of at least 4 members (excludes halogenated alkanes) is 4. The molecule has 3 aliphatic carbocycles. The van der Waals surface area contributed by atoms with Gasteiger partial charge in [-0.2, -0.15) is 0 Å². The molecule has 0 amide bonds. The summed E-state index contributed by atoms with van der Waals surface area (Å²) in [5, 5.41) is 199. The number of nitrogens with one attached hydrogen (secondary N) is 1. The van der Waals surface area contributed by atoms with Gasteiger partial charge in [-0.05, 0) is 69.7 Å². The normalized spacial score (nSPS) is 47.7. The number of ether oxygens (including phenoxy) is 11. The lowest BCUT2D eigenvalue weighted by Gasteiger charge is -2.47. The van der Waals surface area contributed by atoms with Crippen LogP contribution in [0.15, 0.2) is 0 Å².